The Morgan fingerprint density at radius 2 is 0.550 bits per heavy atom. The molecule has 9 aromatic carbocycles. The van der Waals surface area contributed by atoms with Crippen LogP contribution in [0.4, 0.5) is 0 Å². The number of pyridine rings is 1. The summed E-state index contributed by atoms with van der Waals surface area (Å²) in [7, 11) is 0. The van der Waals surface area contributed by atoms with E-state index in [4.69, 9.17) is 0 Å². The molecule has 0 fully saturated rings. The topological polar surface area (TPSA) is 237 Å². The third kappa shape index (κ3) is 7.82. The predicted octanol–water partition coefficient (Wildman–Crippen LogP) is 14.5. The van der Waals surface area contributed by atoms with Gasteiger partial charge in [-0.2, -0.15) is 47.4 Å². The average Bonchev–Trinajstić information content (AvgIpc) is 4.23. The molecular weight excluding hydrogens is 985 g/mol. The molecule has 0 radical (unpaired) electrons. The van der Waals surface area contributed by atoms with Crippen LogP contribution < -0.4 is 0 Å². The summed E-state index contributed by atoms with van der Waals surface area (Å²) in [6.07, 6.45) is 3.42. The molecule has 0 aliphatic rings. The van der Waals surface area contributed by atoms with Crippen molar-refractivity contribution < 1.29 is 0 Å². The zero-order valence-corrected chi connectivity index (χ0v) is 41.7. The van der Waals surface area contributed by atoms with Crippen molar-refractivity contribution in [2.24, 2.45) is 0 Å². The molecule has 3 heterocycles. The van der Waals surface area contributed by atoms with E-state index >= 15 is 0 Å². The summed E-state index contributed by atoms with van der Waals surface area (Å²) < 4.78 is 4.22. The van der Waals surface area contributed by atoms with Crippen molar-refractivity contribution in [3.05, 3.63) is 232 Å². The number of hydrogen-bond donors (Lipinski definition) is 0. The van der Waals surface area contributed by atoms with Crippen molar-refractivity contribution in [1.82, 2.24) is 14.1 Å². The zero-order chi connectivity index (χ0) is 55.2. The first-order chi connectivity index (χ1) is 39.2. The molecule has 3 aromatic heterocycles. The number of nitrogens with zero attached hydrogens (tertiary/aromatic N) is 12. The molecule has 12 rings (SSSR count). The van der Waals surface area contributed by atoms with Crippen LogP contribution in [-0.4, -0.2) is 14.1 Å². The van der Waals surface area contributed by atoms with Gasteiger partial charge in [0, 0.05) is 39.5 Å². The maximum absolute atomic E-state index is 11.1. The first-order valence-corrected chi connectivity index (χ1v) is 24.7. The molecule has 0 aliphatic carbocycles. The lowest BCUT2D eigenvalue weighted by Gasteiger charge is -2.21. The SMILES string of the molecule is N#Cc1ccc(-c2ccc3c(c2)c2cc(-c4ccc(C#N)cc4C#N)ccc2n3-c2cc(C#N)cc(-n3c4ccc(-c5ccc(C#N)cc5C#N)cc4c4cc(-c5ccc(C#N)cc5C#N)ccc43)c2-c2ccncc2)c(C#N)c1. The first kappa shape index (κ1) is 48.1. The normalized spacial score (nSPS) is 10.6. The van der Waals surface area contributed by atoms with Gasteiger partial charge in [-0.25, -0.2) is 0 Å². The fraction of sp³-hybridized carbons (Fsp3) is 0. The number of nitriles is 9. The Balaban J connectivity index is 1.19. The van der Waals surface area contributed by atoms with Gasteiger partial charge in [-0.15, -0.1) is 0 Å². The van der Waals surface area contributed by atoms with E-state index < -0.39 is 0 Å². The maximum atomic E-state index is 11.1. The molecule has 0 spiro atoms. The van der Waals surface area contributed by atoms with Gasteiger partial charge in [0.15, 0.2) is 0 Å². The molecule has 0 bridgehead atoms. The van der Waals surface area contributed by atoms with Gasteiger partial charge in [-0.05, 0) is 171 Å². The number of hydrogen-bond acceptors (Lipinski definition) is 10. The Hall–Kier alpha value is -12.9. The molecule has 362 valence electrons. The summed E-state index contributed by atoms with van der Waals surface area (Å²) in [5.74, 6) is 0. The van der Waals surface area contributed by atoms with Crippen LogP contribution in [0, 0.1) is 102 Å². The van der Waals surface area contributed by atoms with Gasteiger partial charge in [-0.3, -0.25) is 4.98 Å². The predicted molar refractivity (Wildman–Crippen MR) is 303 cm³/mol. The van der Waals surface area contributed by atoms with Crippen LogP contribution in [0.1, 0.15) is 50.1 Å². The molecule has 12 nitrogen and oxygen atoms in total. The Bertz CT molecular complexity index is 4570. The molecule has 12 heteroatoms. The standard InChI is InChI=1S/C68H30N12/c69-31-40-1-9-54(50(21-40)36-74)46-5-13-62-58(27-46)59-28-47(55-10-2-41(32-70)22-51(55)37-75)6-14-63(59)79(62)66-25-44(35-73)26-67(68(66)45-17-19-78-20-18-45)80-64-15-7-48(56-11-3-42(33-71)23-52(56)38-76)29-60(64)61-30-49(8-16-65(61)80)57-12-4-43(34-72)24-53(57)39-77/h1-30H. The molecule has 0 aliphatic heterocycles. The van der Waals surface area contributed by atoms with E-state index in [0.29, 0.717) is 83.7 Å². The van der Waals surface area contributed by atoms with Crippen molar-refractivity contribution in [3.8, 4) is 122 Å². The van der Waals surface area contributed by atoms with Crippen molar-refractivity contribution in [2.75, 3.05) is 0 Å². The molecule has 0 saturated heterocycles. The lowest BCUT2D eigenvalue weighted by Crippen LogP contribution is -2.05. The van der Waals surface area contributed by atoms with Gasteiger partial charge < -0.3 is 9.13 Å². The molecule has 0 atom stereocenters. The minimum Gasteiger partial charge on any atom is -0.308 e. The summed E-state index contributed by atoms with van der Waals surface area (Å²) in [6.45, 7) is 0. The van der Waals surface area contributed by atoms with Gasteiger partial charge in [0.2, 0.25) is 0 Å². The van der Waals surface area contributed by atoms with Crippen molar-refractivity contribution in [3.63, 3.8) is 0 Å². The Morgan fingerprint density at radius 1 is 0.263 bits per heavy atom. The summed E-state index contributed by atoms with van der Waals surface area (Å²) in [6, 6.07) is 71.2. The third-order valence-corrected chi connectivity index (χ3v) is 14.5. The van der Waals surface area contributed by atoms with Crippen molar-refractivity contribution in [2.45, 2.75) is 0 Å². The van der Waals surface area contributed by atoms with Crippen LogP contribution in [0.3, 0.4) is 0 Å². The number of rotatable bonds is 7. The van der Waals surface area contributed by atoms with E-state index in [0.717, 1.165) is 77.0 Å². The molecule has 0 amide bonds. The van der Waals surface area contributed by atoms with E-state index in [1.165, 1.54) is 0 Å². The number of aromatic nitrogens is 3. The Morgan fingerprint density at radius 3 is 0.812 bits per heavy atom. The molecule has 12 aromatic rings. The van der Waals surface area contributed by atoms with Crippen LogP contribution in [0.25, 0.3) is 111 Å². The zero-order valence-electron chi connectivity index (χ0n) is 41.7. The van der Waals surface area contributed by atoms with Gasteiger partial charge >= 0.3 is 0 Å². The lowest BCUT2D eigenvalue weighted by atomic mass is 9.95. The fourth-order valence-corrected chi connectivity index (χ4v) is 10.9. The van der Waals surface area contributed by atoms with Gasteiger partial charge in [0.05, 0.1) is 138 Å². The number of fused-ring (bicyclic) bond motifs is 6. The number of benzene rings is 9. The van der Waals surface area contributed by atoms with Crippen molar-refractivity contribution >= 4 is 43.6 Å². The van der Waals surface area contributed by atoms with E-state index in [-0.39, 0.29) is 0 Å². The van der Waals surface area contributed by atoms with Gasteiger partial charge in [-0.1, -0.05) is 48.5 Å². The summed E-state index contributed by atoms with van der Waals surface area (Å²) in [5, 5.41) is 94.4. The monoisotopic (exact) mass is 1010 g/mol. The second-order valence-electron chi connectivity index (χ2n) is 18.8. The highest BCUT2D eigenvalue weighted by Gasteiger charge is 2.25. The minimum absolute atomic E-state index is 0.325. The first-order valence-electron chi connectivity index (χ1n) is 24.7. The van der Waals surface area contributed by atoms with E-state index in [9.17, 15) is 47.4 Å². The van der Waals surface area contributed by atoms with Crippen LogP contribution >= 0.6 is 0 Å². The molecule has 0 N–H and O–H groups in total. The third-order valence-electron chi connectivity index (χ3n) is 14.5. The summed E-state index contributed by atoms with van der Waals surface area (Å²) >= 11 is 0. The fourth-order valence-electron chi connectivity index (χ4n) is 10.9. The minimum atomic E-state index is 0.325. The summed E-state index contributed by atoms with van der Waals surface area (Å²) in [5.41, 5.74) is 14.1. The molecular formula is C68H30N12. The maximum Gasteiger partial charge on any atom is 0.0998 e. The van der Waals surface area contributed by atoms with Crippen LogP contribution in [0.5, 0.6) is 0 Å². The highest BCUT2D eigenvalue weighted by Crippen LogP contribution is 2.46. The smallest absolute Gasteiger partial charge is 0.0998 e. The van der Waals surface area contributed by atoms with Gasteiger partial charge in [0.25, 0.3) is 0 Å². The average molecular weight is 1020 g/mol. The highest BCUT2D eigenvalue weighted by atomic mass is 15.0. The Labute approximate surface area is 456 Å². The molecule has 0 saturated carbocycles. The quantitative estimate of drug-likeness (QED) is 0.146. The Kier molecular flexibility index (Phi) is 11.7. The van der Waals surface area contributed by atoms with E-state index in [1.807, 2.05) is 97.1 Å². The van der Waals surface area contributed by atoms with E-state index in [2.05, 4.69) is 68.7 Å². The highest BCUT2D eigenvalue weighted by molar-refractivity contribution is 6.15. The molecule has 0 unspecified atom stereocenters. The second kappa shape index (κ2) is 19.4. The second-order valence-corrected chi connectivity index (χ2v) is 18.8. The molecule has 80 heavy (non-hydrogen) atoms. The van der Waals surface area contributed by atoms with Crippen LogP contribution in [0.15, 0.2) is 182 Å². The van der Waals surface area contributed by atoms with Gasteiger partial charge in [0.1, 0.15) is 0 Å². The summed E-state index contributed by atoms with van der Waals surface area (Å²) in [4.78, 5) is 4.41. The van der Waals surface area contributed by atoms with Crippen LogP contribution in [-0.2, 0) is 0 Å². The van der Waals surface area contributed by atoms with Crippen LogP contribution in [0.2, 0.25) is 0 Å². The largest absolute Gasteiger partial charge is 0.308 e. The van der Waals surface area contributed by atoms with Crippen molar-refractivity contribution in [1.29, 1.82) is 47.4 Å². The van der Waals surface area contributed by atoms with E-state index in [1.54, 1.807) is 85.2 Å². The lowest BCUT2D eigenvalue weighted by molar-refractivity contribution is 1.13.